The Balaban J connectivity index is 0.000000267. The van der Waals surface area contributed by atoms with Gasteiger partial charge in [0.15, 0.2) is 0 Å². The van der Waals surface area contributed by atoms with Crippen LogP contribution in [0.4, 0.5) is 0 Å². The summed E-state index contributed by atoms with van der Waals surface area (Å²) in [7, 11) is 0. The van der Waals surface area contributed by atoms with Crippen molar-refractivity contribution in [3.63, 3.8) is 0 Å². The van der Waals surface area contributed by atoms with E-state index in [9.17, 15) is 0 Å². The third-order valence-electron chi connectivity index (χ3n) is 10.3. The van der Waals surface area contributed by atoms with Crippen LogP contribution in [0.3, 0.4) is 0 Å². The average molecular weight is 694 g/mol. The summed E-state index contributed by atoms with van der Waals surface area (Å²) in [5.74, 6) is 0. The van der Waals surface area contributed by atoms with Crippen molar-refractivity contribution in [2.24, 2.45) is 0 Å². The van der Waals surface area contributed by atoms with Gasteiger partial charge in [0.2, 0.25) is 0 Å². The topological polar surface area (TPSA) is 0 Å². The van der Waals surface area contributed by atoms with Crippen LogP contribution >= 0.6 is 10.5 Å². The van der Waals surface area contributed by atoms with Crippen molar-refractivity contribution in [1.82, 2.24) is 0 Å². The standard InChI is InChI=1S/2C16H31PS2.Co/c2*18-17(19,15-11-7-3-1-4-8-12-15)16-13-9-5-2-6-10-14-16;/h2*15-16H,1-14H2,(H,18,19);/q;;+2/p-2. The molecule has 4 rings (SSSR count). The van der Waals surface area contributed by atoms with Crippen molar-refractivity contribution in [1.29, 1.82) is 0 Å². The summed E-state index contributed by atoms with van der Waals surface area (Å²) in [5, 5.41) is -3.04. The van der Waals surface area contributed by atoms with Crippen molar-refractivity contribution in [2.45, 2.75) is 202 Å². The van der Waals surface area contributed by atoms with Gasteiger partial charge < -0.3 is 24.5 Å². The first-order valence-corrected chi connectivity index (χ1v) is 24.9. The fourth-order valence-corrected chi connectivity index (χ4v) is 18.4. The number of rotatable bonds is 4. The van der Waals surface area contributed by atoms with Crippen molar-refractivity contribution in [2.75, 3.05) is 0 Å². The Labute approximate surface area is 275 Å². The molecule has 7 heteroatoms. The molecule has 39 heavy (non-hydrogen) atoms. The first-order valence-electron chi connectivity index (χ1n) is 17.0. The Kier molecular flexibility index (Phi) is 20.6. The van der Waals surface area contributed by atoms with Crippen LogP contribution in [0.15, 0.2) is 0 Å². The van der Waals surface area contributed by atoms with E-state index < -0.39 is 10.5 Å². The van der Waals surface area contributed by atoms with E-state index in [1.54, 1.807) is 0 Å². The van der Waals surface area contributed by atoms with E-state index in [0.717, 1.165) is 22.6 Å². The van der Waals surface area contributed by atoms with Crippen molar-refractivity contribution in [3.8, 4) is 0 Å². The zero-order valence-electron chi connectivity index (χ0n) is 25.0. The van der Waals surface area contributed by atoms with Gasteiger partial charge in [-0.05, 0) is 74.0 Å². The Morgan fingerprint density at radius 3 is 0.590 bits per heavy atom. The van der Waals surface area contributed by atoms with E-state index in [-0.39, 0.29) is 16.8 Å². The van der Waals surface area contributed by atoms with E-state index in [0.29, 0.717) is 0 Å². The summed E-state index contributed by atoms with van der Waals surface area (Å²) >= 11 is 24.5. The fraction of sp³-hybridized carbons (Fsp3) is 1.00. The SMILES string of the molecule is S=P([S-])(C1CCCCCCC1)C1CCCCCCC1.S=P([S-])(C1CCCCCCC1)C1CCCCCCC1.[Co+2]. The monoisotopic (exact) mass is 693 g/mol. The Morgan fingerprint density at radius 2 is 0.436 bits per heavy atom. The summed E-state index contributed by atoms with van der Waals surface area (Å²) in [4.78, 5) is 0. The second-order valence-corrected chi connectivity index (χ2v) is 27.4. The summed E-state index contributed by atoms with van der Waals surface area (Å²) in [5.41, 5.74) is 3.01. The molecule has 0 unspecified atom stereocenters. The Hall–Kier alpha value is 2.51. The van der Waals surface area contributed by atoms with E-state index in [1.807, 2.05) is 0 Å². The molecule has 4 aliphatic carbocycles. The molecule has 0 atom stereocenters. The molecule has 0 amide bonds. The normalized spacial score (nSPS) is 25.5. The van der Waals surface area contributed by atoms with Gasteiger partial charge in [-0.3, -0.25) is 0 Å². The summed E-state index contributed by atoms with van der Waals surface area (Å²) < 4.78 is 0. The third-order valence-corrected chi connectivity index (χ3v) is 23.6. The molecular formula is C32H60CoP2S4. The molecule has 0 saturated heterocycles. The first kappa shape index (κ1) is 37.7. The van der Waals surface area contributed by atoms with Crippen LogP contribution in [0.25, 0.3) is 0 Å². The van der Waals surface area contributed by atoms with Gasteiger partial charge in [-0.1, -0.05) is 128 Å². The van der Waals surface area contributed by atoms with Crippen molar-refractivity contribution in [3.05, 3.63) is 0 Å². The molecule has 0 spiro atoms. The van der Waals surface area contributed by atoms with Crippen molar-refractivity contribution >= 4 is 58.6 Å². The minimum Gasteiger partial charge on any atom is -0.746 e. The van der Waals surface area contributed by atoms with Crippen LogP contribution in [0.5, 0.6) is 0 Å². The minimum atomic E-state index is -1.52. The summed E-state index contributed by atoms with van der Waals surface area (Å²) in [6.07, 6.45) is 39.2. The van der Waals surface area contributed by atoms with Gasteiger partial charge >= 0.3 is 16.8 Å². The van der Waals surface area contributed by atoms with Crippen LogP contribution in [-0.4, -0.2) is 22.6 Å². The molecule has 4 saturated carbocycles. The van der Waals surface area contributed by atoms with Gasteiger partial charge in [0.1, 0.15) is 0 Å². The molecule has 0 bridgehead atoms. The van der Waals surface area contributed by atoms with Gasteiger partial charge in [-0.25, -0.2) is 0 Å². The summed E-state index contributed by atoms with van der Waals surface area (Å²) in [6.45, 7) is 0. The maximum absolute atomic E-state index is 6.12. The van der Waals surface area contributed by atoms with E-state index in [2.05, 4.69) is 0 Å². The van der Waals surface area contributed by atoms with Gasteiger partial charge in [-0.2, -0.15) is 10.5 Å². The number of hydrogen-bond acceptors (Lipinski definition) is 4. The second kappa shape index (κ2) is 21.3. The number of hydrogen-bond donors (Lipinski definition) is 0. The molecule has 0 heterocycles. The van der Waals surface area contributed by atoms with Crippen LogP contribution < -0.4 is 0 Å². The minimum absolute atomic E-state index is 0. The maximum atomic E-state index is 6.12. The smallest absolute Gasteiger partial charge is 0.746 e. The van der Waals surface area contributed by atoms with E-state index >= 15 is 0 Å². The molecular weight excluding hydrogens is 634 g/mol. The third kappa shape index (κ3) is 13.6. The molecule has 0 nitrogen and oxygen atoms in total. The van der Waals surface area contributed by atoms with Gasteiger partial charge in [-0.15, -0.1) is 23.6 Å². The molecule has 4 fully saturated rings. The predicted molar refractivity (Wildman–Crippen MR) is 188 cm³/mol. The maximum Gasteiger partial charge on any atom is 2.00 e. The van der Waals surface area contributed by atoms with Crippen LogP contribution in [-0.2, 0) is 64.9 Å². The van der Waals surface area contributed by atoms with Crippen LogP contribution in [0.2, 0.25) is 0 Å². The molecule has 0 N–H and O–H groups in total. The first-order chi connectivity index (χ1) is 18.4. The molecule has 0 aliphatic heterocycles. The predicted octanol–water partition coefficient (Wildman–Crippen LogP) is 12.3. The largest absolute Gasteiger partial charge is 2.00 e. The second-order valence-electron chi connectivity index (χ2n) is 13.3. The molecule has 4 aliphatic rings. The zero-order chi connectivity index (χ0) is 27.1. The van der Waals surface area contributed by atoms with Gasteiger partial charge in [0, 0.05) is 0 Å². The molecule has 0 aromatic rings. The Morgan fingerprint density at radius 1 is 0.308 bits per heavy atom. The van der Waals surface area contributed by atoms with Crippen LogP contribution in [0.1, 0.15) is 180 Å². The van der Waals surface area contributed by atoms with Gasteiger partial charge in [0.05, 0.1) is 0 Å². The quantitative estimate of drug-likeness (QED) is 0.212. The van der Waals surface area contributed by atoms with Crippen molar-refractivity contribution < 1.29 is 16.8 Å². The summed E-state index contributed by atoms with van der Waals surface area (Å²) in [6, 6.07) is 0. The van der Waals surface area contributed by atoms with Gasteiger partial charge in [0.25, 0.3) is 0 Å². The molecule has 231 valence electrons. The molecule has 0 aromatic carbocycles. The molecule has 0 aromatic heterocycles. The van der Waals surface area contributed by atoms with Crippen LogP contribution in [0, 0.1) is 0 Å². The van der Waals surface area contributed by atoms with E-state index in [4.69, 9.17) is 48.1 Å². The Bertz CT molecular complexity index is 589. The fourth-order valence-electron chi connectivity index (χ4n) is 7.77. The van der Waals surface area contributed by atoms with E-state index in [1.165, 1.54) is 180 Å². The molecule has 1 radical (unpaired) electrons. The zero-order valence-corrected chi connectivity index (χ0v) is 31.1. The average Bonchev–Trinajstić information content (AvgIpc) is 2.77.